The van der Waals surface area contributed by atoms with Crippen LogP contribution in [-0.2, 0) is 0 Å². The number of benzene rings is 2. The van der Waals surface area contributed by atoms with Crippen LogP contribution in [0.4, 0.5) is 0 Å². The Bertz CT molecular complexity index is 1160. The zero-order chi connectivity index (χ0) is 23.2. The van der Waals surface area contributed by atoms with Crippen molar-refractivity contribution in [2.24, 2.45) is 0 Å². The molecule has 32 heavy (non-hydrogen) atoms. The second-order valence-electron chi connectivity index (χ2n) is 8.99. The van der Waals surface area contributed by atoms with Gasteiger partial charge in [0.05, 0.1) is 5.92 Å². The van der Waals surface area contributed by atoms with Gasteiger partial charge in [-0.15, -0.1) is 0 Å². The van der Waals surface area contributed by atoms with Gasteiger partial charge in [0, 0.05) is 28.8 Å². The van der Waals surface area contributed by atoms with E-state index in [4.69, 9.17) is 9.47 Å². The summed E-state index contributed by atoms with van der Waals surface area (Å²) in [5.74, 6) is -0.967. The highest BCUT2D eigenvalue weighted by molar-refractivity contribution is 6.07. The molecule has 0 spiro atoms. The number of fused-ring (bicyclic) bond motifs is 2. The molecule has 2 aromatic carbocycles. The summed E-state index contributed by atoms with van der Waals surface area (Å²) < 4.78 is 11.9. The molecule has 6 heteroatoms. The monoisotopic (exact) mass is 436 g/mol. The van der Waals surface area contributed by atoms with Crippen molar-refractivity contribution >= 4 is 11.9 Å². The van der Waals surface area contributed by atoms with Crippen LogP contribution in [-0.4, -0.2) is 33.3 Å². The van der Waals surface area contributed by atoms with Gasteiger partial charge in [-0.2, -0.15) is 0 Å². The van der Waals surface area contributed by atoms with Gasteiger partial charge in [-0.25, -0.2) is 0 Å². The molecular weight excluding hydrogens is 408 g/mol. The van der Waals surface area contributed by atoms with Crippen LogP contribution in [0, 0.1) is 6.92 Å². The number of carbonyl (C=O) groups is 1. The number of aromatic hydroxyl groups is 3. The van der Waals surface area contributed by atoms with Gasteiger partial charge in [0.15, 0.2) is 5.78 Å². The highest BCUT2D eigenvalue weighted by Gasteiger charge is 2.36. The van der Waals surface area contributed by atoms with Crippen molar-refractivity contribution in [1.82, 2.24) is 0 Å². The van der Waals surface area contributed by atoms with E-state index >= 15 is 0 Å². The summed E-state index contributed by atoms with van der Waals surface area (Å²) >= 11 is 0. The van der Waals surface area contributed by atoms with E-state index in [1.165, 1.54) is 24.6 Å². The van der Waals surface area contributed by atoms with Gasteiger partial charge < -0.3 is 24.8 Å². The SMILES string of the molecule is CC(C)=CCC[C@@]1(C)C=Cc2cc([C@@H]3COc4cc(O)c(C)c(O)c4C3=O)c(O)cc2O1. The number of allylic oxidation sites excluding steroid dienone is 2. The summed E-state index contributed by atoms with van der Waals surface area (Å²) in [4.78, 5) is 13.2. The Kier molecular flexibility index (Phi) is 5.41. The Labute approximate surface area is 187 Å². The summed E-state index contributed by atoms with van der Waals surface area (Å²) in [6.07, 6.45) is 7.80. The van der Waals surface area contributed by atoms with Crippen molar-refractivity contribution in [1.29, 1.82) is 0 Å². The number of rotatable bonds is 4. The smallest absolute Gasteiger partial charge is 0.181 e. The summed E-state index contributed by atoms with van der Waals surface area (Å²) in [7, 11) is 0. The predicted octanol–water partition coefficient (Wildman–Crippen LogP) is 5.38. The Morgan fingerprint density at radius 3 is 2.59 bits per heavy atom. The van der Waals surface area contributed by atoms with Crippen molar-refractivity contribution in [3.8, 4) is 28.7 Å². The first-order valence-corrected chi connectivity index (χ1v) is 10.7. The number of ether oxygens (including phenoxy) is 2. The number of carbonyl (C=O) groups excluding carboxylic acids is 1. The molecule has 0 radical (unpaired) electrons. The Morgan fingerprint density at radius 1 is 1.16 bits per heavy atom. The molecule has 0 fully saturated rings. The van der Waals surface area contributed by atoms with Gasteiger partial charge in [0.1, 0.15) is 46.5 Å². The Morgan fingerprint density at radius 2 is 1.88 bits per heavy atom. The normalized spacial score (nSPS) is 21.2. The Hall–Kier alpha value is -3.41. The number of hydrogen-bond donors (Lipinski definition) is 3. The lowest BCUT2D eigenvalue weighted by Gasteiger charge is -2.32. The van der Waals surface area contributed by atoms with Gasteiger partial charge in [-0.1, -0.05) is 17.7 Å². The van der Waals surface area contributed by atoms with E-state index in [0.717, 1.165) is 18.4 Å². The highest BCUT2D eigenvalue weighted by Crippen LogP contribution is 2.46. The fourth-order valence-electron chi connectivity index (χ4n) is 4.17. The molecule has 0 unspecified atom stereocenters. The van der Waals surface area contributed by atoms with E-state index in [2.05, 4.69) is 19.9 Å². The maximum Gasteiger partial charge on any atom is 0.181 e. The lowest BCUT2D eigenvalue weighted by molar-refractivity contribution is 0.0888. The summed E-state index contributed by atoms with van der Waals surface area (Å²) in [5, 5.41) is 31.1. The van der Waals surface area contributed by atoms with E-state index in [0.29, 0.717) is 11.3 Å². The Balaban J connectivity index is 1.64. The van der Waals surface area contributed by atoms with Crippen LogP contribution in [0.15, 0.2) is 35.9 Å². The maximum atomic E-state index is 13.2. The number of hydrogen-bond acceptors (Lipinski definition) is 6. The standard InChI is InChI=1S/C26H28O6/c1-14(2)6-5-8-26(4)9-7-16-10-17(20(28)12-21(16)32-26)18-13-31-22-11-19(27)15(3)24(29)23(22)25(18)30/h6-7,9-12,18,27-29H,5,8,13H2,1-4H3/t18-,26-/m0/s1. The minimum atomic E-state index is -0.790. The van der Waals surface area contributed by atoms with Crippen molar-refractivity contribution in [2.45, 2.75) is 52.1 Å². The van der Waals surface area contributed by atoms with E-state index in [-0.39, 0.29) is 46.5 Å². The number of phenols is 3. The first-order chi connectivity index (χ1) is 15.1. The van der Waals surface area contributed by atoms with Gasteiger partial charge >= 0.3 is 0 Å². The molecule has 0 aromatic heterocycles. The molecule has 0 aliphatic carbocycles. The third-order valence-corrected chi connectivity index (χ3v) is 6.15. The molecule has 2 aliphatic heterocycles. The average molecular weight is 437 g/mol. The predicted molar refractivity (Wildman–Crippen MR) is 122 cm³/mol. The molecule has 0 saturated heterocycles. The second kappa shape index (κ2) is 7.93. The first-order valence-electron chi connectivity index (χ1n) is 10.7. The van der Waals surface area contributed by atoms with Crippen LogP contribution in [0.25, 0.3) is 6.08 Å². The first kappa shape index (κ1) is 21.8. The molecule has 6 nitrogen and oxygen atoms in total. The molecule has 2 aromatic rings. The van der Waals surface area contributed by atoms with Crippen LogP contribution in [0.1, 0.15) is 66.6 Å². The second-order valence-corrected chi connectivity index (χ2v) is 8.99. The minimum Gasteiger partial charge on any atom is -0.508 e. The fraction of sp³-hybridized carbons (Fsp3) is 0.346. The van der Waals surface area contributed by atoms with E-state index in [1.54, 1.807) is 6.07 Å². The molecule has 4 rings (SSSR count). The molecule has 0 saturated carbocycles. The lowest BCUT2D eigenvalue weighted by atomic mass is 9.85. The quantitative estimate of drug-likeness (QED) is 0.557. The van der Waals surface area contributed by atoms with Crippen LogP contribution >= 0.6 is 0 Å². The van der Waals surface area contributed by atoms with Gasteiger partial charge in [-0.05, 0) is 52.7 Å². The third-order valence-electron chi connectivity index (χ3n) is 6.15. The molecular formula is C26H28O6. The van der Waals surface area contributed by atoms with Gasteiger partial charge in [0.25, 0.3) is 0 Å². The van der Waals surface area contributed by atoms with Crippen LogP contribution in [0.5, 0.6) is 28.7 Å². The van der Waals surface area contributed by atoms with Crippen LogP contribution < -0.4 is 9.47 Å². The van der Waals surface area contributed by atoms with Crippen molar-refractivity contribution in [3.63, 3.8) is 0 Å². The molecule has 2 atom stereocenters. The summed E-state index contributed by atoms with van der Waals surface area (Å²) in [6.45, 7) is 7.65. The summed E-state index contributed by atoms with van der Waals surface area (Å²) in [5.41, 5.74) is 2.18. The van der Waals surface area contributed by atoms with Gasteiger partial charge in [-0.3, -0.25) is 4.79 Å². The molecule has 3 N–H and O–H groups in total. The summed E-state index contributed by atoms with van der Waals surface area (Å²) in [6, 6.07) is 4.61. The molecule has 2 heterocycles. The third kappa shape index (κ3) is 3.81. The minimum absolute atomic E-state index is 0.00882. The zero-order valence-corrected chi connectivity index (χ0v) is 18.7. The van der Waals surface area contributed by atoms with Crippen molar-refractivity contribution in [3.05, 3.63) is 58.2 Å². The average Bonchev–Trinajstić information content (AvgIpc) is 2.71. The van der Waals surface area contributed by atoms with E-state index in [1.807, 2.05) is 19.1 Å². The molecule has 168 valence electrons. The fourth-order valence-corrected chi connectivity index (χ4v) is 4.17. The lowest BCUT2D eigenvalue weighted by Crippen LogP contribution is -2.32. The van der Waals surface area contributed by atoms with E-state index in [9.17, 15) is 20.1 Å². The maximum absolute atomic E-state index is 13.2. The van der Waals surface area contributed by atoms with Crippen LogP contribution in [0.3, 0.4) is 0 Å². The van der Waals surface area contributed by atoms with Crippen molar-refractivity contribution < 1.29 is 29.6 Å². The zero-order valence-electron chi connectivity index (χ0n) is 18.7. The van der Waals surface area contributed by atoms with Crippen LogP contribution in [0.2, 0.25) is 0 Å². The molecule has 0 amide bonds. The molecule has 2 aliphatic rings. The molecule has 0 bridgehead atoms. The van der Waals surface area contributed by atoms with Crippen molar-refractivity contribution in [2.75, 3.05) is 6.61 Å². The number of Topliss-reactive ketones (excluding diaryl/α,β-unsaturated/α-hetero) is 1. The van der Waals surface area contributed by atoms with Gasteiger partial charge in [0.2, 0.25) is 0 Å². The number of phenolic OH excluding ortho intramolecular Hbond substituents is 3. The largest absolute Gasteiger partial charge is 0.508 e. The van der Waals surface area contributed by atoms with E-state index < -0.39 is 11.5 Å². The number of ketones is 1. The topological polar surface area (TPSA) is 96.2 Å². The highest BCUT2D eigenvalue weighted by atomic mass is 16.5.